The zero-order valence-electron chi connectivity index (χ0n) is 12.0. The Morgan fingerprint density at radius 1 is 1.26 bits per heavy atom. The van der Waals surface area contributed by atoms with Crippen molar-refractivity contribution in [2.45, 2.75) is 57.9 Å². The van der Waals surface area contributed by atoms with Crippen LogP contribution < -0.4 is 5.32 Å². The molecule has 5 heteroatoms. The van der Waals surface area contributed by atoms with E-state index in [1.165, 1.54) is 25.7 Å². The van der Waals surface area contributed by atoms with Crippen molar-refractivity contribution in [2.24, 2.45) is 5.92 Å². The van der Waals surface area contributed by atoms with Gasteiger partial charge in [0.05, 0.1) is 6.42 Å². The molecule has 1 rings (SSSR count). The monoisotopic (exact) mass is 270 g/mol. The molecular weight excluding hydrogens is 244 g/mol. The number of hydrogen-bond donors (Lipinski definition) is 2. The van der Waals surface area contributed by atoms with E-state index in [-0.39, 0.29) is 19.0 Å². The lowest BCUT2D eigenvalue weighted by molar-refractivity contribution is -0.136. The third-order valence-electron chi connectivity index (χ3n) is 4.00. The fourth-order valence-corrected chi connectivity index (χ4v) is 2.80. The molecule has 0 aromatic carbocycles. The number of carboxylic acid groups (broad SMARTS) is 1. The van der Waals surface area contributed by atoms with Gasteiger partial charge in [0.25, 0.3) is 0 Å². The smallest absolute Gasteiger partial charge is 0.317 e. The van der Waals surface area contributed by atoms with Gasteiger partial charge in [-0.1, -0.05) is 19.8 Å². The zero-order valence-corrected chi connectivity index (χ0v) is 12.0. The summed E-state index contributed by atoms with van der Waals surface area (Å²) in [7, 11) is 1.81. The van der Waals surface area contributed by atoms with E-state index in [1.54, 1.807) is 11.9 Å². The lowest BCUT2D eigenvalue weighted by atomic mass is 9.83. The van der Waals surface area contributed by atoms with Crippen LogP contribution in [-0.2, 0) is 4.79 Å². The van der Waals surface area contributed by atoms with Gasteiger partial charge in [-0.2, -0.15) is 0 Å². The Hall–Kier alpha value is -1.26. The van der Waals surface area contributed by atoms with Crippen LogP contribution in [0.4, 0.5) is 4.79 Å². The van der Waals surface area contributed by atoms with Crippen LogP contribution in [0.15, 0.2) is 0 Å². The van der Waals surface area contributed by atoms with Crippen molar-refractivity contribution in [3.8, 4) is 0 Å². The molecule has 0 saturated heterocycles. The minimum Gasteiger partial charge on any atom is -0.481 e. The number of nitrogens with one attached hydrogen (secondary N) is 1. The third kappa shape index (κ3) is 5.49. The van der Waals surface area contributed by atoms with E-state index >= 15 is 0 Å². The van der Waals surface area contributed by atoms with Crippen LogP contribution in [0.2, 0.25) is 0 Å². The zero-order chi connectivity index (χ0) is 14.3. The molecule has 0 aromatic heterocycles. The van der Waals surface area contributed by atoms with Crippen molar-refractivity contribution in [3.63, 3.8) is 0 Å². The molecule has 1 saturated carbocycles. The lowest BCUT2D eigenvalue weighted by Crippen LogP contribution is -2.45. The molecule has 0 atom stereocenters. The van der Waals surface area contributed by atoms with Gasteiger partial charge in [-0.05, 0) is 31.6 Å². The molecular formula is C14H26N2O3. The Labute approximate surface area is 115 Å². The quantitative estimate of drug-likeness (QED) is 0.779. The van der Waals surface area contributed by atoms with Crippen LogP contribution in [0.25, 0.3) is 0 Å². The van der Waals surface area contributed by atoms with E-state index < -0.39 is 5.97 Å². The van der Waals surface area contributed by atoms with E-state index in [2.05, 4.69) is 12.2 Å². The highest BCUT2D eigenvalue weighted by atomic mass is 16.4. The standard InChI is InChI=1S/C14H26N2O3/c1-3-4-11-5-7-12(8-6-11)16(2)14(19)15-10-9-13(17)18/h11-12H,3-10H2,1-2H3,(H,15,19)(H,17,18). The molecule has 1 aliphatic rings. The summed E-state index contributed by atoms with van der Waals surface area (Å²) in [6.07, 6.45) is 7.03. The topological polar surface area (TPSA) is 69.6 Å². The lowest BCUT2D eigenvalue weighted by Gasteiger charge is -2.34. The van der Waals surface area contributed by atoms with Gasteiger partial charge in [0.2, 0.25) is 0 Å². The molecule has 0 radical (unpaired) electrons. The third-order valence-corrected chi connectivity index (χ3v) is 4.00. The van der Waals surface area contributed by atoms with Crippen LogP contribution in [0.5, 0.6) is 0 Å². The molecule has 2 N–H and O–H groups in total. The maximum Gasteiger partial charge on any atom is 0.317 e. The van der Waals surface area contributed by atoms with Gasteiger partial charge < -0.3 is 15.3 Å². The number of rotatable bonds is 6. The number of carboxylic acids is 1. The van der Waals surface area contributed by atoms with E-state index in [9.17, 15) is 9.59 Å². The van der Waals surface area contributed by atoms with E-state index in [0.717, 1.165) is 18.8 Å². The van der Waals surface area contributed by atoms with Gasteiger partial charge in [-0.3, -0.25) is 4.79 Å². The molecule has 0 heterocycles. The van der Waals surface area contributed by atoms with Gasteiger partial charge in [0.15, 0.2) is 0 Å². The average molecular weight is 270 g/mol. The number of nitrogens with zero attached hydrogens (tertiary/aromatic N) is 1. The average Bonchev–Trinajstić information content (AvgIpc) is 2.38. The van der Waals surface area contributed by atoms with Gasteiger partial charge >= 0.3 is 12.0 Å². The molecule has 2 amide bonds. The SMILES string of the molecule is CCCC1CCC(N(C)C(=O)NCCC(=O)O)CC1. The molecule has 0 aromatic rings. The summed E-state index contributed by atoms with van der Waals surface area (Å²) >= 11 is 0. The molecule has 1 aliphatic carbocycles. The highest BCUT2D eigenvalue weighted by Gasteiger charge is 2.25. The molecule has 110 valence electrons. The second kappa shape index (κ2) is 8.02. The number of urea groups is 1. The second-order valence-corrected chi connectivity index (χ2v) is 5.45. The highest BCUT2D eigenvalue weighted by molar-refractivity contribution is 5.75. The second-order valence-electron chi connectivity index (χ2n) is 5.45. The van der Waals surface area contributed by atoms with E-state index in [4.69, 9.17) is 5.11 Å². The fourth-order valence-electron chi connectivity index (χ4n) is 2.80. The minimum atomic E-state index is -0.886. The predicted octanol–water partition coefficient (Wildman–Crippen LogP) is 2.46. The van der Waals surface area contributed by atoms with Crippen molar-refractivity contribution in [2.75, 3.05) is 13.6 Å². The molecule has 1 fully saturated rings. The summed E-state index contributed by atoms with van der Waals surface area (Å²) in [5.41, 5.74) is 0. The number of amides is 2. The Kier molecular flexibility index (Phi) is 6.67. The van der Waals surface area contributed by atoms with E-state index in [1.807, 2.05) is 0 Å². The number of carbonyl (C=O) groups is 2. The van der Waals surface area contributed by atoms with Crippen LogP contribution >= 0.6 is 0 Å². The number of carbonyl (C=O) groups excluding carboxylic acids is 1. The van der Waals surface area contributed by atoms with Gasteiger partial charge in [0.1, 0.15) is 0 Å². The Bertz CT molecular complexity index is 299. The van der Waals surface area contributed by atoms with Crippen LogP contribution in [0, 0.1) is 5.92 Å². The summed E-state index contributed by atoms with van der Waals surface area (Å²) in [4.78, 5) is 24.0. The predicted molar refractivity (Wildman–Crippen MR) is 74.1 cm³/mol. The summed E-state index contributed by atoms with van der Waals surface area (Å²) in [6.45, 7) is 2.41. The largest absolute Gasteiger partial charge is 0.481 e. The van der Waals surface area contributed by atoms with Crippen molar-refractivity contribution in [3.05, 3.63) is 0 Å². The molecule has 0 aliphatic heterocycles. The van der Waals surface area contributed by atoms with Crippen molar-refractivity contribution < 1.29 is 14.7 Å². The van der Waals surface area contributed by atoms with Gasteiger partial charge in [0, 0.05) is 19.6 Å². The molecule has 5 nitrogen and oxygen atoms in total. The first-order chi connectivity index (χ1) is 9.04. The normalized spacial score (nSPS) is 22.8. The Morgan fingerprint density at radius 3 is 2.42 bits per heavy atom. The first kappa shape index (κ1) is 15.8. The first-order valence-electron chi connectivity index (χ1n) is 7.27. The summed E-state index contributed by atoms with van der Waals surface area (Å²) in [5, 5.41) is 11.2. The Morgan fingerprint density at radius 2 is 1.89 bits per heavy atom. The van der Waals surface area contributed by atoms with Crippen molar-refractivity contribution in [1.82, 2.24) is 10.2 Å². The summed E-state index contributed by atoms with van der Waals surface area (Å²) in [6, 6.07) is 0.151. The summed E-state index contributed by atoms with van der Waals surface area (Å²) in [5.74, 6) is -0.0623. The van der Waals surface area contributed by atoms with E-state index in [0.29, 0.717) is 6.04 Å². The maximum absolute atomic E-state index is 11.9. The molecule has 0 unspecified atom stereocenters. The molecule has 0 spiro atoms. The Balaban J connectivity index is 2.27. The van der Waals surface area contributed by atoms with Crippen LogP contribution in [0.3, 0.4) is 0 Å². The first-order valence-corrected chi connectivity index (χ1v) is 7.27. The highest BCUT2D eigenvalue weighted by Crippen LogP contribution is 2.29. The fraction of sp³-hybridized carbons (Fsp3) is 0.857. The van der Waals surface area contributed by atoms with Crippen molar-refractivity contribution in [1.29, 1.82) is 0 Å². The number of hydrogen-bond acceptors (Lipinski definition) is 2. The summed E-state index contributed by atoms with van der Waals surface area (Å²) < 4.78 is 0. The van der Waals surface area contributed by atoms with Crippen LogP contribution in [0.1, 0.15) is 51.9 Å². The van der Waals surface area contributed by atoms with Crippen molar-refractivity contribution >= 4 is 12.0 Å². The number of aliphatic carboxylic acids is 1. The van der Waals surface area contributed by atoms with Gasteiger partial charge in [-0.15, -0.1) is 0 Å². The van der Waals surface area contributed by atoms with Gasteiger partial charge in [-0.25, -0.2) is 4.79 Å². The molecule has 0 bridgehead atoms. The van der Waals surface area contributed by atoms with Crippen LogP contribution in [-0.4, -0.2) is 41.6 Å². The minimum absolute atomic E-state index is 0.0250. The maximum atomic E-state index is 11.9. The molecule has 19 heavy (non-hydrogen) atoms.